The first-order valence-electron chi connectivity index (χ1n) is 15.7. The van der Waals surface area contributed by atoms with E-state index in [1.165, 1.54) is 44.2 Å². The second kappa shape index (κ2) is 9.20. The molecular weight excluding hydrogens is 470 g/mol. The van der Waals surface area contributed by atoms with Crippen molar-refractivity contribution in [2.75, 3.05) is 13.2 Å². The number of nitrogens with zero attached hydrogens (tertiary/aromatic N) is 1. The molecule has 11 unspecified atom stereocenters. The van der Waals surface area contributed by atoms with Crippen LogP contribution < -0.4 is 0 Å². The van der Waals surface area contributed by atoms with Gasteiger partial charge in [-0.25, -0.2) is 4.79 Å². The highest BCUT2D eigenvalue weighted by Gasteiger charge is 2.68. The number of fused-ring (bicyclic) bond motifs is 9. The Morgan fingerprint density at radius 3 is 2.68 bits per heavy atom. The second-order valence-electron chi connectivity index (χ2n) is 14.5. The Morgan fingerprint density at radius 2 is 1.87 bits per heavy atom. The van der Waals surface area contributed by atoms with Gasteiger partial charge in [-0.2, -0.15) is 0 Å². The summed E-state index contributed by atoms with van der Waals surface area (Å²) >= 11 is 0. The molecule has 11 atom stereocenters. The van der Waals surface area contributed by atoms with E-state index in [4.69, 9.17) is 4.74 Å². The minimum atomic E-state index is -0.157. The first-order chi connectivity index (χ1) is 18.3. The summed E-state index contributed by atoms with van der Waals surface area (Å²) in [6.07, 6.45) is 12.9. The van der Waals surface area contributed by atoms with Gasteiger partial charge in [-0.15, -0.1) is 0 Å². The number of hydrogen-bond acceptors (Lipinski definition) is 4. The highest BCUT2D eigenvalue weighted by atomic mass is 16.5. The van der Waals surface area contributed by atoms with Crippen LogP contribution in [0.1, 0.15) is 88.9 Å². The fraction of sp³-hybridized carbons (Fsp3) is 0.735. The molecule has 2 aliphatic heterocycles. The molecule has 4 aliphatic carbocycles. The lowest BCUT2D eigenvalue weighted by Gasteiger charge is -2.58. The largest absolute Gasteiger partial charge is 0.461 e. The molecule has 0 amide bonds. The average Bonchev–Trinajstić information content (AvgIpc) is 3.41. The van der Waals surface area contributed by atoms with Crippen LogP contribution in [0, 0.1) is 46.3 Å². The van der Waals surface area contributed by atoms with Crippen molar-refractivity contribution in [3.63, 3.8) is 0 Å². The Balaban J connectivity index is 1.23. The summed E-state index contributed by atoms with van der Waals surface area (Å²) in [6, 6.07) is 10.9. The lowest BCUT2D eigenvalue weighted by atomic mass is 9.46. The van der Waals surface area contributed by atoms with Gasteiger partial charge in [0.1, 0.15) is 0 Å². The fourth-order valence-electron chi connectivity index (χ4n) is 11.2. The Morgan fingerprint density at radius 1 is 1.05 bits per heavy atom. The van der Waals surface area contributed by atoms with E-state index in [1.54, 1.807) is 0 Å². The van der Waals surface area contributed by atoms with Crippen LogP contribution in [0.3, 0.4) is 0 Å². The Hall–Kier alpha value is -1.65. The molecule has 1 N–H and O–H groups in total. The molecule has 4 nitrogen and oxygen atoms in total. The summed E-state index contributed by atoms with van der Waals surface area (Å²) in [5, 5.41) is 10.4. The second-order valence-corrected chi connectivity index (χ2v) is 14.5. The molecule has 3 saturated carbocycles. The summed E-state index contributed by atoms with van der Waals surface area (Å²) in [6.45, 7) is 9.33. The molecular formula is C34H47NO3. The van der Waals surface area contributed by atoms with E-state index >= 15 is 0 Å². The van der Waals surface area contributed by atoms with Crippen LogP contribution in [-0.2, 0) is 4.74 Å². The number of aliphatic hydroxyl groups is 1. The third-order valence-electron chi connectivity index (χ3n) is 12.9. The molecule has 0 radical (unpaired) electrons. The van der Waals surface area contributed by atoms with Crippen LogP contribution in [0.25, 0.3) is 0 Å². The fourth-order valence-corrected chi connectivity index (χ4v) is 11.2. The topological polar surface area (TPSA) is 49.8 Å². The SMILES string of the molecule is CC1CCC2C(C)C3C(CC4C5CC=C6CC(O)CCC6(C)C5CCC43COC(=O)c3ccccc3)N2C1. The molecule has 6 aliphatic rings. The van der Waals surface area contributed by atoms with Gasteiger partial charge in [0.25, 0.3) is 0 Å². The Kier molecular flexibility index (Phi) is 6.13. The smallest absolute Gasteiger partial charge is 0.338 e. The molecule has 5 fully saturated rings. The number of aliphatic hydroxyl groups excluding tert-OH is 1. The van der Waals surface area contributed by atoms with Crippen molar-refractivity contribution in [2.45, 2.75) is 96.7 Å². The van der Waals surface area contributed by atoms with Crippen LogP contribution in [0.2, 0.25) is 0 Å². The molecule has 0 spiro atoms. The highest BCUT2D eigenvalue weighted by molar-refractivity contribution is 5.89. The summed E-state index contributed by atoms with van der Waals surface area (Å²) in [7, 11) is 0. The molecule has 0 aromatic heterocycles. The zero-order valence-electron chi connectivity index (χ0n) is 23.6. The third kappa shape index (κ3) is 3.65. The summed E-state index contributed by atoms with van der Waals surface area (Å²) in [4.78, 5) is 16.2. The molecule has 4 heteroatoms. The van der Waals surface area contributed by atoms with Crippen LogP contribution in [0.4, 0.5) is 0 Å². The van der Waals surface area contributed by atoms with Crippen molar-refractivity contribution < 1.29 is 14.6 Å². The highest BCUT2D eigenvalue weighted by Crippen LogP contribution is 2.70. The average molecular weight is 518 g/mol. The van der Waals surface area contributed by atoms with Gasteiger partial charge in [0, 0.05) is 24.0 Å². The van der Waals surface area contributed by atoms with E-state index in [2.05, 4.69) is 31.7 Å². The van der Waals surface area contributed by atoms with Gasteiger partial charge in [0.05, 0.1) is 18.3 Å². The van der Waals surface area contributed by atoms with Crippen molar-refractivity contribution in [2.24, 2.45) is 46.3 Å². The van der Waals surface area contributed by atoms with Crippen molar-refractivity contribution in [3.05, 3.63) is 47.5 Å². The van der Waals surface area contributed by atoms with E-state index in [0.29, 0.717) is 53.8 Å². The zero-order chi connectivity index (χ0) is 26.2. The maximum Gasteiger partial charge on any atom is 0.338 e. The van der Waals surface area contributed by atoms with E-state index in [0.717, 1.165) is 31.6 Å². The van der Waals surface area contributed by atoms with E-state index in [1.807, 2.05) is 30.3 Å². The van der Waals surface area contributed by atoms with Crippen molar-refractivity contribution in [1.82, 2.24) is 4.90 Å². The molecule has 1 aromatic carbocycles. The van der Waals surface area contributed by atoms with Gasteiger partial charge in [-0.05, 0) is 111 Å². The first kappa shape index (κ1) is 25.3. The first-order valence-corrected chi connectivity index (χ1v) is 15.7. The van der Waals surface area contributed by atoms with Gasteiger partial charge in [0.2, 0.25) is 0 Å². The Labute approximate surface area is 229 Å². The maximum absolute atomic E-state index is 13.2. The number of carbonyl (C=O) groups is 1. The van der Waals surface area contributed by atoms with Crippen molar-refractivity contribution >= 4 is 5.97 Å². The standard InChI is InChI=1S/C34H47NO3/c1-21-9-12-29-22(2)31-30(35(29)19-21)18-28-26-11-10-24-17-25(36)13-15-33(24,3)27(26)14-16-34(28,31)20-38-32(37)23-7-5-4-6-8-23/h4-8,10,21-22,25-31,36H,9,11-20H2,1-3H3. The van der Waals surface area contributed by atoms with Gasteiger partial charge in [-0.3, -0.25) is 4.90 Å². The molecule has 7 rings (SSSR count). The van der Waals surface area contributed by atoms with Gasteiger partial charge in [0.15, 0.2) is 0 Å². The van der Waals surface area contributed by atoms with E-state index in [9.17, 15) is 9.90 Å². The summed E-state index contributed by atoms with van der Waals surface area (Å²) in [5.74, 6) is 3.90. The predicted molar refractivity (Wildman–Crippen MR) is 149 cm³/mol. The van der Waals surface area contributed by atoms with Crippen LogP contribution in [0.15, 0.2) is 42.0 Å². The molecule has 2 heterocycles. The molecule has 206 valence electrons. The molecule has 0 bridgehead atoms. The quantitative estimate of drug-likeness (QED) is 0.368. The number of hydrogen-bond donors (Lipinski definition) is 1. The molecule has 2 saturated heterocycles. The van der Waals surface area contributed by atoms with E-state index < -0.39 is 0 Å². The predicted octanol–water partition coefficient (Wildman–Crippen LogP) is 6.49. The number of carbonyl (C=O) groups excluding carboxylic acids is 1. The van der Waals surface area contributed by atoms with Crippen LogP contribution >= 0.6 is 0 Å². The van der Waals surface area contributed by atoms with Gasteiger partial charge < -0.3 is 9.84 Å². The lowest BCUT2D eigenvalue weighted by Crippen LogP contribution is -2.53. The van der Waals surface area contributed by atoms with Crippen molar-refractivity contribution in [3.8, 4) is 0 Å². The third-order valence-corrected chi connectivity index (χ3v) is 12.9. The normalized spacial score (nSPS) is 47.7. The number of allylic oxidation sites excluding steroid dienone is 1. The monoisotopic (exact) mass is 517 g/mol. The van der Waals surface area contributed by atoms with E-state index in [-0.39, 0.29) is 22.9 Å². The van der Waals surface area contributed by atoms with Crippen molar-refractivity contribution in [1.29, 1.82) is 0 Å². The van der Waals surface area contributed by atoms with Gasteiger partial charge >= 0.3 is 5.97 Å². The number of benzene rings is 1. The Bertz CT molecular complexity index is 1100. The van der Waals surface area contributed by atoms with Crippen LogP contribution in [-0.4, -0.2) is 47.3 Å². The minimum absolute atomic E-state index is 0.0894. The number of piperidine rings is 1. The maximum atomic E-state index is 13.2. The summed E-state index contributed by atoms with van der Waals surface area (Å²) < 4.78 is 6.32. The number of esters is 1. The number of rotatable bonds is 3. The van der Waals surface area contributed by atoms with Crippen LogP contribution in [0.5, 0.6) is 0 Å². The number of ether oxygens (including phenoxy) is 1. The molecule has 1 aromatic rings. The minimum Gasteiger partial charge on any atom is -0.461 e. The lowest BCUT2D eigenvalue weighted by molar-refractivity contribution is -0.0929. The zero-order valence-corrected chi connectivity index (χ0v) is 23.6. The van der Waals surface area contributed by atoms with Gasteiger partial charge in [-0.1, -0.05) is 50.6 Å². The summed E-state index contributed by atoms with van der Waals surface area (Å²) in [5.41, 5.74) is 2.54. The molecule has 38 heavy (non-hydrogen) atoms.